The minimum Gasteiger partial charge on any atom is -0.347 e. The van der Waals surface area contributed by atoms with Crippen LogP contribution in [0.5, 0.6) is 0 Å². The van der Waals surface area contributed by atoms with Crippen LogP contribution in [0.1, 0.15) is 30.8 Å². The van der Waals surface area contributed by atoms with Crippen LogP contribution in [0.25, 0.3) is 0 Å². The fourth-order valence-corrected chi connectivity index (χ4v) is 2.45. The zero-order chi connectivity index (χ0) is 13.7. The van der Waals surface area contributed by atoms with Gasteiger partial charge in [-0.1, -0.05) is 6.92 Å². The Labute approximate surface area is 117 Å². The highest BCUT2D eigenvalue weighted by Gasteiger charge is 2.15. The van der Waals surface area contributed by atoms with Crippen molar-refractivity contribution in [2.75, 3.05) is 20.6 Å². The molecule has 102 valence electrons. The number of carbonyl (C=O) groups is 1. The highest BCUT2D eigenvalue weighted by atomic mass is 79.9. The van der Waals surface area contributed by atoms with Gasteiger partial charge in [0.05, 0.1) is 0 Å². The molecule has 1 amide bonds. The standard InChI is InChI=1S/C13H22BrN3O/c1-5-6-17-9-11(14)7-12(17)13(18)15-10(2)8-16(3)4/h7,9-10H,5-6,8H2,1-4H3,(H,15,18). The van der Waals surface area contributed by atoms with E-state index in [4.69, 9.17) is 0 Å². The maximum Gasteiger partial charge on any atom is 0.268 e. The molecule has 1 rings (SSSR count). The summed E-state index contributed by atoms with van der Waals surface area (Å²) in [6.45, 7) is 5.81. The molecule has 18 heavy (non-hydrogen) atoms. The quantitative estimate of drug-likeness (QED) is 0.875. The Morgan fingerprint density at radius 2 is 2.22 bits per heavy atom. The molecule has 0 aromatic carbocycles. The molecule has 0 aliphatic carbocycles. The van der Waals surface area contributed by atoms with Crippen molar-refractivity contribution in [3.8, 4) is 0 Å². The first-order chi connectivity index (χ1) is 8.43. The van der Waals surface area contributed by atoms with Crippen LogP contribution in [0.15, 0.2) is 16.7 Å². The number of rotatable bonds is 6. The van der Waals surface area contributed by atoms with Gasteiger partial charge < -0.3 is 14.8 Å². The number of hydrogen-bond donors (Lipinski definition) is 1. The highest BCUT2D eigenvalue weighted by molar-refractivity contribution is 9.10. The number of carbonyl (C=O) groups excluding carboxylic acids is 1. The van der Waals surface area contributed by atoms with Gasteiger partial charge in [0.2, 0.25) is 0 Å². The molecular formula is C13H22BrN3O. The number of amides is 1. The maximum atomic E-state index is 12.2. The summed E-state index contributed by atoms with van der Waals surface area (Å²) >= 11 is 3.42. The van der Waals surface area contributed by atoms with E-state index in [1.807, 2.05) is 37.8 Å². The second kappa shape index (κ2) is 6.95. The lowest BCUT2D eigenvalue weighted by molar-refractivity contribution is 0.0925. The minimum atomic E-state index is -0.0106. The summed E-state index contributed by atoms with van der Waals surface area (Å²) in [6.07, 6.45) is 2.96. The molecule has 0 fully saturated rings. The third-order valence-corrected chi connectivity index (χ3v) is 3.01. The molecule has 4 nitrogen and oxygen atoms in total. The smallest absolute Gasteiger partial charge is 0.268 e. The normalized spacial score (nSPS) is 12.8. The molecule has 0 aliphatic heterocycles. The fraction of sp³-hybridized carbons (Fsp3) is 0.615. The first kappa shape index (κ1) is 15.2. The zero-order valence-electron chi connectivity index (χ0n) is 11.5. The van der Waals surface area contributed by atoms with Gasteiger partial charge in [-0.15, -0.1) is 0 Å². The Balaban J connectivity index is 2.71. The minimum absolute atomic E-state index is 0.0106. The van der Waals surface area contributed by atoms with Gasteiger partial charge in [-0.25, -0.2) is 0 Å². The van der Waals surface area contributed by atoms with Crippen LogP contribution >= 0.6 is 15.9 Å². The van der Waals surface area contributed by atoms with E-state index < -0.39 is 0 Å². The predicted octanol–water partition coefficient (Wildman–Crippen LogP) is 2.34. The van der Waals surface area contributed by atoms with Gasteiger partial charge in [-0.3, -0.25) is 4.79 Å². The fourth-order valence-electron chi connectivity index (χ4n) is 1.98. The van der Waals surface area contributed by atoms with Crippen molar-refractivity contribution in [3.05, 3.63) is 22.4 Å². The van der Waals surface area contributed by atoms with Crippen molar-refractivity contribution in [2.24, 2.45) is 0 Å². The Morgan fingerprint density at radius 1 is 1.56 bits per heavy atom. The van der Waals surface area contributed by atoms with Crippen molar-refractivity contribution >= 4 is 21.8 Å². The van der Waals surface area contributed by atoms with Gasteiger partial charge >= 0.3 is 0 Å². The van der Waals surface area contributed by atoms with Crippen molar-refractivity contribution in [1.29, 1.82) is 0 Å². The molecule has 0 radical (unpaired) electrons. The molecule has 0 saturated heterocycles. The van der Waals surface area contributed by atoms with Gasteiger partial charge in [-0.05, 0) is 49.4 Å². The number of halogens is 1. The molecule has 0 aliphatic rings. The van der Waals surface area contributed by atoms with E-state index in [-0.39, 0.29) is 11.9 Å². The lowest BCUT2D eigenvalue weighted by Crippen LogP contribution is -2.40. The number of nitrogens with zero attached hydrogens (tertiary/aromatic N) is 2. The van der Waals surface area contributed by atoms with E-state index in [1.54, 1.807) is 0 Å². The number of nitrogens with one attached hydrogen (secondary N) is 1. The molecular weight excluding hydrogens is 294 g/mol. The molecule has 5 heteroatoms. The first-order valence-electron chi connectivity index (χ1n) is 6.25. The van der Waals surface area contributed by atoms with E-state index in [0.717, 1.165) is 24.0 Å². The Kier molecular flexibility index (Phi) is 5.88. The summed E-state index contributed by atoms with van der Waals surface area (Å²) in [6, 6.07) is 2.00. The largest absolute Gasteiger partial charge is 0.347 e. The second-order valence-electron chi connectivity index (χ2n) is 4.87. The number of aromatic nitrogens is 1. The van der Waals surface area contributed by atoms with Crippen LogP contribution < -0.4 is 5.32 Å². The highest BCUT2D eigenvalue weighted by Crippen LogP contribution is 2.15. The van der Waals surface area contributed by atoms with E-state index in [2.05, 4.69) is 33.1 Å². The first-order valence-corrected chi connectivity index (χ1v) is 7.04. The maximum absolute atomic E-state index is 12.2. The van der Waals surface area contributed by atoms with Crippen LogP contribution in [0.2, 0.25) is 0 Å². The van der Waals surface area contributed by atoms with Crippen molar-refractivity contribution in [1.82, 2.24) is 14.8 Å². The summed E-state index contributed by atoms with van der Waals surface area (Å²) in [4.78, 5) is 14.2. The average molecular weight is 316 g/mol. The predicted molar refractivity (Wildman–Crippen MR) is 77.9 cm³/mol. The van der Waals surface area contributed by atoms with Gasteiger partial charge in [0.1, 0.15) is 5.69 Å². The van der Waals surface area contributed by atoms with E-state index in [1.165, 1.54) is 0 Å². The lowest BCUT2D eigenvalue weighted by atomic mass is 10.3. The van der Waals surface area contributed by atoms with Crippen LogP contribution in [0.3, 0.4) is 0 Å². The Bertz CT molecular complexity index is 401. The van der Waals surface area contributed by atoms with Gasteiger partial charge in [0.25, 0.3) is 5.91 Å². The van der Waals surface area contributed by atoms with E-state index in [0.29, 0.717) is 5.69 Å². The number of hydrogen-bond acceptors (Lipinski definition) is 2. The molecule has 1 N–H and O–H groups in total. The average Bonchev–Trinajstić information content (AvgIpc) is 2.58. The molecule has 1 atom stereocenters. The molecule has 0 bridgehead atoms. The molecule has 1 aromatic rings. The van der Waals surface area contributed by atoms with Crippen molar-refractivity contribution in [2.45, 2.75) is 32.9 Å². The monoisotopic (exact) mass is 315 g/mol. The Morgan fingerprint density at radius 3 is 2.78 bits per heavy atom. The molecule has 1 heterocycles. The van der Waals surface area contributed by atoms with Crippen LogP contribution in [0, 0.1) is 0 Å². The lowest BCUT2D eigenvalue weighted by Gasteiger charge is -2.18. The van der Waals surface area contributed by atoms with Gasteiger partial charge in [0.15, 0.2) is 0 Å². The topological polar surface area (TPSA) is 37.3 Å². The molecule has 0 spiro atoms. The van der Waals surface area contributed by atoms with Crippen molar-refractivity contribution < 1.29 is 4.79 Å². The van der Waals surface area contributed by atoms with Crippen LogP contribution in [-0.4, -0.2) is 42.1 Å². The number of likely N-dealkylation sites (N-methyl/N-ethyl adjacent to an activating group) is 1. The Hall–Kier alpha value is -0.810. The van der Waals surface area contributed by atoms with Crippen LogP contribution in [0.4, 0.5) is 0 Å². The molecule has 0 saturated carbocycles. The molecule has 1 aromatic heterocycles. The van der Waals surface area contributed by atoms with Crippen molar-refractivity contribution in [3.63, 3.8) is 0 Å². The van der Waals surface area contributed by atoms with Gasteiger partial charge in [-0.2, -0.15) is 0 Å². The molecule has 1 unspecified atom stereocenters. The van der Waals surface area contributed by atoms with E-state index in [9.17, 15) is 4.79 Å². The van der Waals surface area contributed by atoms with Gasteiger partial charge in [0, 0.05) is 29.8 Å². The third-order valence-electron chi connectivity index (χ3n) is 2.58. The summed E-state index contributed by atoms with van der Waals surface area (Å²) in [5.74, 6) is -0.0106. The zero-order valence-corrected chi connectivity index (χ0v) is 13.1. The third kappa shape index (κ3) is 4.46. The summed E-state index contributed by atoms with van der Waals surface area (Å²) in [7, 11) is 4.00. The number of aryl methyl sites for hydroxylation is 1. The van der Waals surface area contributed by atoms with Crippen LogP contribution in [-0.2, 0) is 6.54 Å². The SMILES string of the molecule is CCCn1cc(Br)cc1C(=O)NC(C)CN(C)C. The summed E-state index contributed by atoms with van der Waals surface area (Å²) in [5.41, 5.74) is 0.717. The summed E-state index contributed by atoms with van der Waals surface area (Å²) in [5, 5.41) is 3.02. The second-order valence-corrected chi connectivity index (χ2v) is 5.79. The van der Waals surface area contributed by atoms with E-state index >= 15 is 0 Å². The summed E-state index contributed by atoms with van der Waals surface area (Å²) < 4.78 is 2.93.